The van der Waals surface area contributed by atoms with E-state index in [0.717, 1.165) is 6.07 Å². The first kappa shape index (κ1) is 23.1. The first-order chi connectivity index (χ1) is 13.6. The van der Waals surface area contributed by atoms with Crippen LogP contribution in [0.25, 0.3) is 0 Å². The molecule has 0 bridgehead atoms. The lowest BCUT2D eigenvalue weighted by atomic mass is 10.1. The van der Waals surface area contributed by atoms with Crippen LogP contribution in [0.2, 0.25) is 10.0 Å². The topological polar surface area (TPSA) is 105 Å². The third kappa shape index (κ3) is 5.24. The van der Waals surface area contributed by atoms with Crippen LogP contribution < -0.4 is 5.43 Å². The molecule has 0 amide bonds. The number of rotatable bonds is 8. The van der Waals surface area contributed by atoms with E-state index in [4.69, 9.17) is 23.2 Å². The van der Waals surface area contributed by atoms with Gasteiger partial charge in [0.25, 0.3) is 5.69 Å². The smallest absolute Gasteiger partial charge is 0.271 e. The highest BCUT2D eigenvalue weighted by Gasteiger charge is 2.25. The molecule has 0 aliphatic carbocycles. The summed E-state index contributed by atoms with van der Waals surface area (Å²) in [6.07, 6.45) is 0. The number of halogens is 2. The minimum atomic E-state index is -3.82. The Balaban J connectivity index is 2.38. The minimum Gasteiger partial charge on any atom is -0.271 e. The second kappa shape index (κ2) is 9.53. The van der Waals surface area contributed by atoms with Crippen molar-refractivity contribution in [2.75, 3.05) is 18.5 Å². The van der Waals surface area contributed by atoms with Gasteiger partial charge < -0.3 is 0 Å². The average molecular weight is 459 g/mol. The Hall–Kier alpha value is -2.20. The predicted molar refractivity (Wildman–Crippen MR) is 115 cm³/mol. The van der Waals surface area contributed by atoms with Crippen molar-refractivity contribution >= 4 is 50.3 Å². The molecule has 0 spiro atoms. The molecule has 0 aliphatic rings. The Morgan fingerprint density at radius 2 is 1.79 bits per heavy atom. The van der Waals surface area contributed by atoms with Crippen LogP contribution in [0, 0.1) is 10.1 Å². The summed E-state index contributed by atoms with van der Waals surface area (Å²) >= 11 is 11.9. The number of hydrogen-bond acceptors (Lipinski definition) is 6. The fourth-order valence-electron chi connectivity index (χ4n) is 2.56. The number of hydrogen-bond donors (Lipinski definition) is 1. The second-order valence-corrected chi connectivity index (χ2v) is 8.72. The number of anilines is 1. The van der Waals surface area contributed by atoms with Gasteiger partial charge in [-0.25, -0.2) is 8.42 Å². The average Bonchev–Trinajstić information content (AvgIpc) is 2.68. The Labute approximate surface area is 179 Å². The summed E-state index contributed by atoms with van der Waals surface area (Å²) in [6.45, 7) is 5.62. The van der Waals surface area contributed by atoms with Crippen molar-refractivity contribution in [2.45, 2.75) is 25.7 Å². The molecule has 0 saturated heterocycles. The van der Waals surface area contributed by atoms with E-state index in [1.807, 2.05) is 0 Å². The summed E-state index contributed by atoms with van der Waals surface area (Å²) in [6, 6.07) is 8.61. The molecule has 156 valence electrons. The summed E-state index contributed by atoms with van der Waals surface area (Å²) in [7, 11) is -3.82. The van der Waals surface area contributed by atoms with Gasteiger partial charge in [0, 0.05) is 19.2 Å². The SMILES string of the molecule is CCN(CC)S(=O)(=O)c1ccc(N/N=C(/C)c2ccc(Cl)c(Cl)c2)c([N+](=O)[O-])c1. The van der Waals surface area contributed by atoms with Crippen LogP contribution in [0.4, 0.5) is 11.4 Å². The Bertz CT molecular complexity index is 1050. The maximum Gasteiger partial charge on any atom is 0.295 e. The number of nitrogens with zero attached hydrogens (tertiary/aromatic N) is 3. The van der Waals surface area contributed by atoms with E-state index in [-0.39, 0.29) is 23.7 Å². The molecular weight excluding hydrogens is 439 g/mol. The number of hydrazone groups is 1. The lowest BCUT2D eigenvalue weighted by Crippen LogP contribution is -2.30. The molecule has 0 radical (unpaired) electrons. The van der Waals surface area contributed by atoms with Crippen LogP contribution in [0.5, 0.6) is 0 Å². The van der Waals surface area contributed by atoms with Gasteiger partial charge in [-0.05, 0) is 36.8 Å². The highest BCUT2D eigenvalue weighted by atomic mass is 35.5. The standard InChI is InChI=1S/C18H20Cl2N4O4S/c1-4-23(5-2)29(27,28)14-7-9-17(18(11-14)24(25)26)22-21-12(3)13-6-8-15(19)16(20)10-13/h6-11,22H,4-5H2,1-3H3/b21-12-. The number of nitro groups is 1. The van der Waals surface area contributed by atoms with Crippen molar-refractivity contribution in [1.29, 1.82) is 0 Å². The number of benzene rings is 2. The third-order valence-corrected chi connectivity index (χ3v) is 6.98. The lowest BCUT2D eigenvalue weighted by Gasteiger charge is -2.18. The molecule has 29 heavy (non-hydrogen) atoms. The molecule has 2 aromatic rings. The van der Waals surface area contributed by atoms with Crippen LogP contribution in [-0.4, -0.2) is 36.4 Å². The van der Waals surface area contributed by atoms with Gasteiger partial charge in [-0.15, -0.1) is 0 Å². The largest absolute Gasteiger partial charge is 0.295 e. The highest BCUT2D eigenvalue weighted by Crippen LogP contribution is 2.29. The van der Waals surface area contributed by atoms with Crippen molar-refractivity contribution < 1.29 is 13.3 Å². The van der Waals surface area contributed by atoms with E-state index in [9.17, 15) is 18.5 Å². The molecule has 0 fully saturated rings. The van der Waals surface area contributed by atoms with Gasteiger partial charge >= 0.3 is 0 Å². The van der Waals surface area contributed by atoms with Crippen LogP contribution >= 0.6 is 23.2 Å². The molecule has 1 N–H and O–H groups in total. The van der Waals surface area contributed by atoms with Gasteiger partial charge in [-0.1, -0.05) is 43.1 Å². The lowest BCUT2D eigenvalue weighted by molar-refractivity contribution is -0.384. The van der Waals surface area contributed by atoms with Crippen molar-refractivity contribution in [3.05, 3.63) is 62.1 Å². The monoisotopic (exact) mass is 458 g/mol. The summed E-state index contributed by atoms with van der Waals surface area (Å²) in [5, 5.41) is 16.4. The zero-order chi connectivity index (χ0) is 21.8. The van der Waals surface area contributed by atoms with Crippen molar-refractivity contribution in [2.24, 2.45) is 5.10 Å². The first-order valence-corrected chi connectivity index (χ1v) is 10.9. The van der Waals surface area contributed by atoms with E-state index in [1.54, 1.807) is 39.0 Å². The molecule has 0 saturated carbocycles. The van der Waals surface area contributed by atoms with Gasteiger partial charge in [0.05, 0.1) is 25.6 Å². The van der Waals surface area contributed by atoms with E-state index in [1.165, 1.54) is 16.4 Å². The fraction of sp³-hybridized carbons (Fsp3) is 0.278. The zero-order valence-corrected chi connectivity index (χ0v) is 18.3. The summed E-state index contributed by atoms with van der Waals surface area (Å²) < 4.78 is 26.5. The minimum absolute atomic E-state index is 0.0629. The van der Waals surface area contributed by atoms with Gasteiger partial charge in [0.1, 0.15) is 5.69 Å². The molecule has 0 heterocycles. The van der Waals surface area contributed by atoms with E-state index in [2.05, 4.69) is 10.5 Å². The molecule has 2 aromatic carbocycles. The fourth-order valence-corrected chi connectivity index (χ4v) is 4.34. The summed E-state index contributed by atoms with van der Waals surface area (Å²) in [4.78, 5) is 10.7. The maximum absolute atomic E-state index is 12.6. The molecule has 0 aliphatic heterocycles. The highest BCUT2D eigenvalue weighted by molar-refractivity contribution is 7.89. The number of nitro benzene ring substituents is 1. The van der Waals surface area contributed by atoms with Crippen molar-refractivity contribution in [3.63, 3.8) is 0 Å². The van der Waals surface area contributed by atoms with Gasteiger partial charge in [0.15, 0.2) is 0 Å². The van der Waals surface area contributed by atoms with E-state index < -0.39 is 20.6 Å². The van der Waals surface area contributed by atoms with Gasteiger partial charge in [0.2, 0.25) is 10.0 Å². The first-order valence-electron chi connectivity index (χ1n) is 8.66. The van der Waals surface area contributed by atoms with Crippen LogP contribution in [-0.2, 0) is 10.0 Å². The molecule has 0 aromatic heterocycles. The Morgan fingerprint density at radius 1 is 1.14 bits per heavy atom. The normalized spacial score (nSPS) is 12.3. The Kier molecular flexibility index (Phi) is 7.59. The molecule has 0 unspecified atom stereocenters. The molecule has 11 heteroatoms. The summed E-state index contributed by atoms with van der Waals surface area (Å²) in [5.74, 6) is 0. The van der Waals surface area contributed by atoms with Crippen molar-refractivity contribution in [3.8, 4) is 0 Å². The van der Waals surface area contributed by atoms with E-state index >= 15 is 0 Å². The third-order valence-electron chi connectivity index (χ3n) is 4.19. The van der Waals surface area contributed by atoms with Crippen LogP contribution in [0.1, 0.15) is 26.3 Å². The maximum atomic E-state index is 12.6. The molecule has 2 rings (SSSR count). The molecular formula is C18H20Cl2N4O4S. The number of sulfonamides is 1. The second-order valence-electron chi connectivity index (χ2n) is 5.96. The predicted octanol–water partition coefficient (Wildman–Crippen LogP) is 4.77. The zero-order valence-electron chi connectivity index (χ0n) is 16.0. The van der Waals surface area contributed by atoms with E-state index in [0.29, 0.717) is 21.3 Å². The Morgan fingerprint density at radius 3 is 2.34 bits per heavy atom. The molecule has 8 nitrogen and oxygen atoms in total. The quantitative estimate of drug-likeness (QED) is 0.348. The van der Waals surface area contributed by atoms with Crippen molar-refractivity contribution in [1.82, 2.24) is 4.31 Å². The van der Waals surface area contributed by atoms with Crippen LogP contribution in [0.15, 0.2) is 46.4 Å². The van der Waals surface area contributed by atoms with Gasteiger partial charge in [-0.2, -0.15) is 9.41 Å². The summed E-state index contributed by atoms with van der Waals surface area (Å²) in [5.41, 5.74) is 3.48. The van der Waals surface area contributed by atoms with Gasteiger partial charge in [-0.3, -0.25) is 15.5 Å². The number of nitrogens with one attached hydrogen (secondary N) is 1. The molecule has 0 atom stereocenters. The van der Waals surface area contributed by atoms with Crippen LogP contribution in [0.3, 0.4) is 0 Å².